The summed E-state index contributed by atoms with van der Waals surface area (Å²) in [5.74, 6) is -1.49. The van der Waals surface area contributed by atoms with Gasteiger partial charge >= 0.3 is 0 Å². The van der Waals surface area contributed by atoms with Crippen molar-refractivity contribution >= 4 is 0 Å². The fourth-order valence-electron chi connectivity index (χ4n) is 2.74. The molecule has 1 aliphatic rings. The summed E-state index contributed by atoms with van der Waals surface area (Å²) < 4.78 is 27.2. The molecule has 0 amide bonds. The minimum Gasteiger partial charge on any atom is -0.313 e. The second-order valence-electron chi connectivity index (χ2n) is 5.54. The Hall–Kier alpha value is -1.00. The van der Waals surface area contributed by atoms with Gasteiger partial charge in [-0.2, -0.15) is 0 Å². The molecule has 2 rings (SSSR count). The van der Waals surface area contributed by atoms with Crippen LogP contribution in [0.5, 0.6) is 0 Å². The minimum absolute atomic E-state index is 0.135. The average molecular weight is 282 g/mol. The summed E-state index contributed by atoms with van der Waals surface area (Å²) in [4.78, 5) is 2.47. The fraction of sp³-hybridized carbons (Fsp3) is 0.625. The molecule has 1 aromatic rings. The molecular formula is C16H24F2N2. The molecule has 0 aromatic heterocycles. The Morgan fingerprint density at radius 2 is 2.05 bits per heavy atom. The minimum atomic E-state index is -0.768. The van der Waals surface area contributed by atoms with Crippen molar-refractivity contribution in [3.8, 4) is 0 Å². The molecule has 112 valence electrons. The number of benzene rings is 1. The lowest BCUT2D eigenvalue weighted by Gasteiger charge is -2.25. The number of rotatable bonds is 8. The van der Waals surface area contributed by atoms with Crippen molar-refractivity contribution < 1.29 is 8.78 Å². The monoisotopic (exact) mass is 282 g/mol. The SMILES string of the molecule is CCCN(CCC(NC)c1cccc(F)c1F)C1CC1. The zero-order valence-electron chi connectivity index (χ0n) is 12.3. The summed E-state index contributed by atoms with van der Waals surface area (Å²) in [6.45, 7) is 4.20. The predicted octanol–water partition coefficient (Wildman–Crippen LogP) is 3.49. The van der Waals surface area contributed by atoms with E-state index in [-0.39, 0.29) is 6.04 Å². The smallest absolute Gasteiger partial charge is 0.163 e. The van der Waals surface area contributed by atoms with E-state index in [0.29, 0.717) is 11.6 Å². The zero-order chi connectivity index (χ0) is 14.5. The summed E-state index contributed by atoms with van der Waals surface area (Å²) >= 11 is 0. The first-order valence-electron chi connectivity index (χ1n) is 7.52. The number of hydrogen-bond acceptors (Lipinski definition) is 2. The first-order valence-corrected chi connectivity index (χ1v) is 7.52. The van der Waals surface area contributed by atoms with Gasteiger partial charge in [0.25, 0.3) is 0 Å². The maximum atomic E-state index is 13.9. The van der Waals surface area contributed by atoms with Gasteiger partial charge in [-0.15, -0.1) is 0 Å². The summed E-state index contributed by atoms with van der Waals surface area (Å²) in [6, 6.07) is 4.98. The van der Waals surface area contributed by atoms with Crippen molar-refractivity contribution in [2.45, 2.75) is 44.7 Å². The first-order chi connectivity index (χ1) is 9.67. The largest absolute Gasteiger partial charge is 0.313 e. The molecule has 20 heavy (non-hydrogen) atoms. The van der Waals surface area contributed by atoms with Crippen LogP contribution in [0.3, 0.4) is 0 Å². The Bertz CT molecular complexity index is 432. The first kappa shape index (κ1) is 15.4. The van der Waals surface area contributed by atoms with Crippen LogP contribution in [0.1, 0.15) is 44.2 Å². The van der Waals surface area contributed by atoms with Gasteiger partial charge in [-0.05, 0) is 45.3 Å². The van der Waals surface area contributed by atoms with Crippen LogP contribution in [0.15, 0.2) is 18.2 Å². The van der Waals surface area contributed by atoms with Crippen LogP contribution in [0, 0.1) is 11.6 Å². The quantitative estimate of drug-likeness (QED) is 0.785. The lowest BCUT2D eigenvalue weighted by atomic mass is 10.0. The van der Waals surface area contributed by atoms with Gasteiger partial charge in [-0.25, -0.2) is 8.78 Å². The van der Waals surface area contributed by atoms with Crippen LogP contribution in [0.4, 0.5) is 8.78 Å². The molecule has 1 aliphatic carbocycles. The highest BCUT2D eigenvalue weighted by Crippen LogP contribution is 2.29. The third-order valence-electron chi connectivity index (χ3n) is 3.98. The van der Waals surface area contributed by atoms with E-state index in [1.54, 1.807) is 19.2 Å². The van der Waals surface area contributed by atoms with Crippen LogP contribution < -0.4 is 5.32 Å². The van der Waals surface area contributed by atoms with Crippen molar-refractivity contribution in [1.29, 1.82) is 0 Å². The molecule has 0 radical (unpaired) electrons. The number of hydrogen-bond donors (Lipinski definition) is 1. The normalized spacial score (nSPS) is 16.6. The topological polar surface area (TPSA) is 15.3 Å². The second-order valence-corrected chi connectivity index (χ2v) is 5.54. The fourth-order valence-corrected chi connectivity index (χ4v) is 2.74. The van der Waals surface area contributed by atoms with E-state index < -0.39 is 11.6 Å². The zero-order valence-corrected chi connectivity index (χ0v) is 12.3. The molecule has 0 saturated heterocycles. The van der Waals surface area contributed by atoms with Crippen molar-refractivity contribution in [2.75, 3.05) is 20.1 Å². The molecule has 1 saturated carbocycles. The van der Waals surface area contributed by atoms with Gasteiger partial charge in [-0.3, -0.25) is 0 Å². The molecule has 1 unspecified atom stereocenters. The molecule has 4 heteroatoms. The van der Waals surface area contributed by atoms with Crippen LogP contribution >= 0.6 is 0 Å². The lowest BCUT2D eigenvalue weighted by Crippen LogP contribution is -2.31. The number of nitrogens with one attached hydrogen (secondary N) is 1. The standard InChI is InChI=1S/C16H24F2N2/c1-3-10-20(12-7-8-12)11-9-15(19-2)13-5-4-6-14(17)16(13)18/h4-6,12,15,19H,3,7-11H2,1-2H3. The third kappa shape index (κ3) is 3.76. The number of nitrogens with zero attached hydrogens (tertiary/aromatic N) is 1. The van der Waals surface area contributed by atoms with Gasteiger partial charge in [0, 0.05) is 24.2 Å². The average Bonchev–Trinajstić information content (AvgIpc) is 3.27. The van der Waals surface area contributed by atoms with E-state index in [0.717, 1.165) is 25.9 Å². The Kier molecular flexibility index (Phi) is 5.49. The lowest BCUT2D eigenvalue weighted by molar-refractivity contribution is 0.248. The molecule has 1 aromatic carbocycles. The van der Waals surface area contributed by atoms with Crippen LogP contribution in [0.2, 0.25) is 0 Å². The van der Waals surface area contributed by atoms with Crippen LogP contribution in [-0.4, -0.2) is 31.1 Å². The molecule has 1 fully saturated rings. The van der Waals surface area contributed by atoms with E-state index in [4.69, 9.17) is 0 Å². The second kappa shape index (κ2) is 7.14. The summed E-state index contributed by atoms with van der Waals surface area (Å²) in [5.41, 5.74) is 0.430. The molecule has 0 spiro atoms. The van der Waals surface area contributed by atoms with E-state index >= 15 is 0 Å². The molecule has 0 bridgehead atoms. The summed E-state index contributed by atoms with van der Waals surface area (Å²) in [6.07, 6.45) is 4.49. The van der Waals surface area contributed by atoms with Crippen LogP contribution in [0.25, 0.3) is 0 Å². The maximum Gasteiger partial charge on any atom is 0.163 e. The maximum absolute atomic E-state index is 13.9. The Morgan fingerprint density at radius 1 is 1.30 bits per heavy atom. The molecule has 0 aliphatic heterocycles. The van der Waals surface area contributed by atoms with Crippen molar-refractivity contribution in [2.24, 2.45) is 0 Å². The predicted molar refractivity (Wildman–Crippen MR) is 77.7 cm³/mol. The number of halogens is 2. The summed E-state index contributed by atoms with van der Waals surface area (Å²) in [5, 5.41) is 3.11. The highest BCUT2D eigenvalue weighted by atomic mass is 19.2. The van der Waals surface area contributed by atoms with E-state index in [9.17, 15) is 8.78 Å². The van der Waals surface area contributed by atoms with Crippen molar-refractivity contribution in [3.05, 3.63) is 35.4 Å². The van der Waals surface area contributed by atoms with Gasteiger partial charge in [0.05, 0.1) is 0 Å². The van der Waals surface area contributed by atoms with Gasteiger partial charge in [-0.1, -0.05) is 19.1 Å². The Balaban J connectivity index is 1.99. The van der Waals surface area contributed by atoms with Crippen LogP contribution in [-0.2, 0) is 0 Å². The van der Waals surface area contributed by atoms with E-state index in [2.05, 4.69) is 17.1 Å². The third-order valence-corrected chi connectivity index (χ3v) is 3.98. The molecule has 1 N–H and O–H groups in total. The molecule has 1 atom stereocenters. The van der Waals surface area contributed by atoms with Gasteiger partial charge in [0.15, 0.2) is 11.6 Å². The Morgan fingerprint density at radius 3 is 2.65 bits per heavy atom. The Labute approximate surface area is 120 Å². The van der Waals surface area contributed by atoms with Gasteiger partial charge in [0.2, 0.25) is 0 Å². The molecule has 2 nitrogen and oxygen atoms in total. The van der Waals surface area contributed by atoms with Crippen molar-refractivity contribution in [1.82, 2.24) is 10.2 Å². The van der Waals surface area contributed by atoms with Gasteiger partial charge < -0.3 is 10.2 Å². The van der Waals surface area contributed by atoms with Gasteiger partial charge in [0.1, 0.15) is 0 Å². The highest BCUT2D eigenvalue weighted by molar-refractivity contribution is 5.22. The van der Waals surface area contributed by atoms with E-state index in [1.165, 1.54) is 18.9 Å². The molecule has 0 heterocycles. The molecular weight excluding hydrogens is 258 g/mol. The van der Waals surface area contributed by atoms with Crippen molar-refractivity contribution in [3.63, 3.8) is 0 Å². The summed E-state index contributed by atoms with van der Waals surface area (Å²) in [7, 11) is 1.80. The van der Waals surface area contributed by atoms with E-state index in [1.807, 2.05) is 0 Å². The highest BCUT2D eigenvalue weighted by Gasteiger charge is 2.28.